The number of amides is 2. The fourth-order valence-electron chi connectivity index (χ4n) is 3.39. The van der Waals surface area contributed by atoms with Crippen molar-refractivity contribution in [1.82, 2.24) is 20.0 Å². The van der Waals surface area contributed by atoms with E-state index in [0.717, 1.165) is 39.0 Å². The molecule has 7 heteroatoms. The fraction of sp³-hybridized carbons (Fsp3) is 0.789. The molecule has 26 heavy (non-hydrogen) atoms. The monoisotopic (exact) mass is 364 g/mol. The molecular weight excluding hydrogens is 332 g/mol. The first-order valence-corrected chi connectivity index (χ1v) is 9.61. The topological polar surface area (TPSA) is 65.1 Å². The number of nitrogens with zero attached hydrogens (tertiary/aromatic N) is 3. The minimum absolute atomic E-state index is 0.0236. The van der Waals surface area contributed by atoms with Crippen molar-refractivity contribution < 1.29 is 14.3 Å². The van der Waals surface area contributed by atoms with Gasteiger partial charge in [0.2, 0.25) is 11.8 Å². The van der Waals surface area contributed by atoms with Crippen LogP contribution in [0.2, 0.25) is 0 Å². The van der Waals surface area contributed by atoms with Crippen molar-refractivity contribution in [1.29, 1.82) is 0 Å². The van der Waals surface area contributed by atoms with Gasteiger partial charge < -0.3 is 15.0 Å². The molecule has 0 saturated carbocycles. The summed E-state index contributed by atoms with van der Waals surface area (Å²) in [6.07, 6.45) is 7.06. The van der Waals surface area contributed by atoms with Crippen molar-refractivity contribution in [2.24, 2.45) is 0 Å². The van der Waals surface area contributed by atoms with Crippen LogP contribution >= 0.6 is 0 Å². The largest absolute Gasteiger partial charge is 0.378 e. The zero-order valence-electron chi connectivity index (χ0n) is 16.1. The van der Waals surface area contributed by atoms with E-state index in [0.29, 0.717) is 39.4 Å². The molecule has 7 nitrogen and oxygen atoms in total. The van der Waals surface area contributed by atoms with Gasteiger partial charge in [-0.2, -0.15) is 0 Å². The number of hydrogen-bond donors (Lipinski definition) is 1. The van der Waals surface area contributed by atoms with Crippen molar-refractivity contribution in [3.63, 3.8) is 0 Å². The first-order chi connectivity index (χ1) is 12.5. The molecule has 0 aromatic carbocycles. The van der Waals surface area contributed by atoms with Crippen LogP contribution in [0.15, 0.2) is 0 Å². The molecule has 0 aromatic rings. The SMILES string of the molecule is C#CC(CC)(CC)NC(=O)CN1CCN(CC(=O)N2CCOCC2)CC1. The molecule has 2 amide bonds. The summed E-state index contributed by atoms with van der Waals surface area (Å²) < 4.78 is 5.29. The maximum atomic E-state index is 12.3. The molecule has 2 aliphatic rings. The average Bonchev–Trinajstić information content (AvgIpc) is 2.68. The van der Waals surface area contributed by atoms with Crippen molar-refractivity contribution in [2.75, 3.05) is 65.6 Å². The van der Waals surface area contributed by atoms with Crippen LogP contribution in [0.25, 0.3) is 0 Å². The number of nitrogens with one attached hydrogen (secondary N) is 1. The second kappa shape index (κ2) is 9.91. The maximum absolute atomic E-state index is 12.3. The molecule has 2 saturated heterocycles. The summed E-state index contributed by atoms with van der Waals surface area (Å²) in [5.74, 6) is 2.88. The molecule has 0 unspecified atom stereocenters. The number of terminal acetylenes is 1. The Morgan fingerprint density at radius 1 is 1.00 bits per heavy atom. The Hall–Kier alpha value is -1.62. The Kier molecular flexibility index (Phi) is 7.88. The molecule has 2 rings (SSSR count). The van der Waals surface area contributed by atoms with Gasteiger partial charge in [0.1, 0.15) is 5.54 Å². The van der Waals surface area contributed by atoms with Crippen LogP contribution in [0.3, 0.4) is 0 Å². The summed E-state index contributed by atoms with van der Waals surface area (Å²) in [4.78, 5) is 30.8. The quantitative estimate of drug-likeness (QED) is 0.633. The zero-order chi connectivity index (χ0) is 19.0. The van der Waals surface area contributed by atoms with Crippen molar-refractivity contribution >= 4 is 11.8 Å². The zero-order valence-corrected chi connectivity index (χ0v) is 16.1. The minimum atomic E-state index is -0.538. The smallest absolute Gasteiger partial charge is 0.236 e. The lowest BCUT2D eigenvalue weighted by Crippen LogP contribution is -2.55. The first-order valence-electron chi connectivity index (χ1n) is 9.61. The number of carbonyl (C=O) groups excluding carboxylic acids is 2. The van der Waals surface area contributed by atoms with Gasteiger partial charge >= 0.3 is 0 Å². The lowest BCUT2D eigenvalue weighted by molar-refractivity contribution is -0.137. The van der Waals surface area contributed by atoms with Crippen molar-refractivity contribution in [2.45, 2.75) is 32.2 Å². The van der Waals surface area contributed by atoms with E-state index in [2.05, 4.69) is 21.0 Å². The minimum Gasteiger partial charge on any atom is -0.378 e. The third-order valence-corrected chi connectivity index (χ3v) is 5.42. The van der Waals surface area contributed by atoms with Crippen LogP contribution in [0, 0.1) is 12.3 Å². The third kappa shape index (κ3) is 5.70. The number of hydrogen-bond acceptors (Lipinski definition) is 5. The molecule has 146 valence electrons. The van der Waals surface area contributed by atoms with E-state index in [4.69, 9.17) is 11.2 Å². The molecule has 2 heterocycles. The molecular formula is C19H32N4O3. The van der Waals surface area contributed by atoms with Crippen LogP contribution in [-0.4, -0.2) is 97.6 Å². The van der Waals surface area contributed by atoms with E-state index in [1.54, 1.807) is 0 Å². The van der Waals surface area contributed by atoms with Gasteiger partial charge in [-0.15, -0.1) is 6.42 Å². The molecule has 0 spiro atoms. The van der Waals surface area contributed by atoms with E-state index in [1.807, 2.05) is 18.7 Å². The Labute approximate surface area is 157 Å². The van der Waals surface area contributed by atoms with Gasteiger partial charge in [-0.3, -0.25) is 19.4 Å². The highest BCUT2D eigenvalue weighted by Gasteiger charge is 2.27. The Morgan fingerprint density at radius 3 is 2.04 bits per heavy atom. The van der Waals surface area contributed by atoms with E-state index >= 15 is 0 Å². The predicted molar refractivity (Wildman–Crippen MR) is 101 cm³/mol. The summed E-state index contributed by atoms with van der Waals surface area (Å²) in [5, 5.41) is 3.01. The Bertz CT molecular complexity index is 513. The highest BCUT2D eigenvalue weighted by molar-refractivity contribution is 5.79. The molecule has 0 atom stereocenters. The van der Waals surface area contributed by atoms with Gasteiger partial charge in [0.05, 0.1) is 26.3 Å². The maximum Gasteiger partial charge on any atom is 0.236 e. The highest BCUT2D eigenvalue weighted by atomic mass is 16.5. The Balaban J connectivity index is 1.71. The normalized spacial score (nSPS) is 19.8. The predicted octanol–water partition coefficient (Wildman–Crippen LogP) is -0.229. The lowest BCUT2D eigenvalue weighted by Gasteiger charge is -2.36. The second-order valence-electron chi connectivity index (χ2n) is 7.03. The number of morpholine rings is 1. The van der Waals surface area contributed by atoms with Gasteiger partial charge in [-0.05, 0) is 12.8 Å². The summed E-state index contributed by atoms with van der Waals surface area (Å²) >= 11 is 0. The highest BCUT2D eigenvalue weighted by Crippen LogP contribution is 2.13. The molecule has 0 aromatic heterocycles. The van der Waals surface area contributed by atoms with Crippen LogP contribution in [0.5, 0.6) is 0 Å². The summed E-state index contributed by atoms with van der Waals surface area (Å²) in [6.45, 7) is 10.6. The lowest BCUT2D eigenvalue weighted by atomic mass is 9.94. The summed E-state index contributed by atoms with van der Waals surface area (Å²) in [5.41, 5.74) is -0.538. The van der Waals surface area contributed by atoms with Gasteiger partial charge in [-0.1, -0.05) is 19.8 Å². The summed E-state index contributed by atoms with van der Waals surface area (Å²) in [6, 6.07) is 0. The van der Waals surface area contributed by atoms with E-state index in [1.165, 1.54) is 0 Å². The number of carbonyl (C=O) groups is 2. The van der Waals surface area contributed by atoms with E-state index in [9.17, 15) is 9.59 Å². The van der Waals surface area contributed by atoms with Gasteiger partial charge in [0, 0.05) is 39.3 Å². The second-order valence-corrected chi connectivity index (χ2v) is 7.03. The summed E-state index contributed by atoms with van der Waals surface area (Å²) in [7, 11) is 0. The standard InChI is InChI=1S/C19H32N4O3/c1-4-19(5-2,6-3)20-17(24)15-21-7-9-22(10-8-21)16-18(25)23-11-13-26-14-12-23/h1H,5-16H2,2-3H3,(H,20,24). The molecule has 2 fully saturated rings. The molecule has 0 aliphatic carbocycles. The first kappa shape index (κ1) is 20.7. The van der Waals surface area contributed by atoms with Crippen LogP contribution in [0.4, 0.5) is 0 Å². The van der Waals surface area contributed by atoms with Gasteiger partial charge in [0.15, 0.2) is 0 Å². The molecule has 2 aliphatic heterocycles. The number of rotatable bonds is 7. The van der Waals surface area contributed by atoms with Crippen molar-refractivity contribution in [3.8, 4) is 12.3 Å². The fourth-order valence-corrected chi connectivity index (χ4v) is 3.39. The third-order valence-electron chi connectivity index (χ3n) is 5.42. The van der Waals surface area contributed by atoms with Crippen LogP contribution < -0.4 is 5.32 Å². The van der Waals surface area contributed by atoms with Crippen LogP contribution in [0.1, 0.15) is 26.7 Å². The molecule has 1 N–H and O–H groups in total. The Morgan fingerprint density at radius 2 is 1.54 bits per heavy atom. The van der Waals surface area contributed by atoms with E-state index < -0.39 is 5.54 Å². The van der Waals surface area contributed by atoms with Gasteiger partial charge in [-0.25, -0.2) is 0 Å². The molecule has 0 bridgehead atoms. The number of piperazine rings is 1. The number of ether oxygens (including phenoxy) is 1. The van der Waals surface area contributed by atoms with E-state index in [-0.39, 0.29) is 11.8 Å². The van der Waals surface area contributed by atoms with Crippen LogP contribution in [-0.2, 0) is 14.3 Å². The van der Waals surface area contributed by atoms with Gasteiger partial charge in [0.25, 0.3) is 0 Å². The molecule has 0 radical (unpaired) electrons. The average molecular weight is 364 g/mol. The van der Waals surface area contributed by atoms with Crippen molar-refractivity contribution in [3.05, 3.63) is 0 Å².